The van der Waals surface area contributed by atoms with E-state index in [1.807, 2.05) is 28.8 Å². The van der Waals surface area contributed by atoms with Gasteiger partial charge in [-0.25, -0.2) is 4.98 Å². The van der Waals surface area contributed by atoms with Crippen LogP contribution in [0.5, 0.6) is 0 Å². The molecule has 2 aromatic rings. The first-order valence-electron chi connectivity index (χ1n) is 6.98. The molecule has 0 radical (unpaired) electrons. The highest BCUT2D eigenvalue weighted by atomic mass is 16.3. The molecule has 4 heteroatoms. The minimum absolute atomic E-state index is 0.478. The zero-order valence-corrected chi connectivity index (χ0v) is 11.4. The lowest BCUT2D eigenvalue weighted by molar-refractivity contribution is 0.0143. The molecule has 1 aliphatic rings. The molecular weight excluding hydrogens is 238 g/mol. The van der Waals surface area contributed by atoms with E-state index in [2.05, 4.69) is 23.1 Å². The first-order valence-corrected chi connectivity index (χ1v) is 6.98. The zero-order chi connectivity index (χ0) is 13.3. The topological polar surface area (TPSA) is 40.8 Å². The van der Waals surface area contributed by atoms with E-state index in [1.165, 1.54) is 0 Å². The van der Waals surface area contributed by atoms with Crippen LogP contribution < -0.4 is 0 Å². The lowest BCUT2D eigenvalue weighted by Gasteiger charge is -2.28. The minimum Gasteiger partial charge on any atom is -0.389 e. The van der Waals surface area contributed by atoms with E-state index in [9.17, 15) is 5.11 Å². The molecule has 0 unspecified atom stereocenters. The summed E-state index contributed by atoms with van der Waals surface area (Å²) >= 11 is 0. The average Bonchev–Trinajstić information content (AvgIpc) is 2.94. The fraction of sp³-hybridized carbons (Fsp3) is 0.533. The van der Waals surface area contributed by atoms with Crippen molar-refractivity contribution < 1.29 is 5.11 Å². The standard InChI is InChI=1S/C15H21N3O/c1-17(12-15(19)7-3-4-8-15)10-13-11-18-9-5-2-6-14(18)16-13/h2,5-6,9,11,19H,3-4,7-8,10,12H2,1H3. The summed E-state index contributed by atoms with van der Waals surface area (Å²) in [5.41, 5.74) is 1.55. The number of hydrogen-bond donors (Lipinski definition) is 1. The Morgan fingerprint density at radius 2 is 2.16 bits per heavy atom. The average molecular weight is 259 g/mol. The van der Waals surface area contributed by atoms with Crippen molar-refractivity contribution in [3.05, 3.63) is 36.3 Å². The van der Waals surface area contributed by atoms with Gasteiger partial charge in [0.05, 0.1) is 11.3 Å². The molecule has 0 amide bonds. The summed E-state index contributed by atoms with van der Waals surface area (Å²) in [4.78, 5) is 6.76. The number of likely N-dealkylation sites (N-methyl/N-ethyl adjacent to an activating group) is 1. The normalized spacial score (nSPS) is 18.5. The fourth-order valence-electron chi connectivity index (χ4n) is 3.09. The lowest BCUT2D eigenvalue weighted by atomic mass is 10.0. The third kappa shape index (κ3) is 2.80. The van der Waals surface area contributed by atoms with Crippen molar-refractivity contribution in [2.45, 2.75) is 37.8 Å². The fourth-order valence-corrected chi connectivity index (χ4v) is 3.09. The summed E-state index contributed by atoms with van der Waals surface area (Å²) in [5, 5.41) is 10.4. The van der Waals surface area contributed by atoms with Gasteiger partial charge in [-0.3, -0.25) is 4.90 Å². The summed E-state index contributed by atoms with van der Waals surface area (Å²) in [7, 11) is 2.06. The van der Waals surface area contributed by atoms with Crippen molar-refractivity contribution in [3.63, 3.8) is 0 Å². The Labute approximate surface area is 113 Å². The highest BCUT2D eigenvalue weighted by molar-refractivity contribution is 5.39. The van der Waals surface area contributed by atoms with Crippen LogP contribution in [0.25, 0.3) is 5.65 Å². The summed E-state index contributed by atoms with van der Waals surface area (Å²) in [6.07, 6.45) is 8.24. The van der Waals surface area contributed by atoms with Gasteiger partial charge >= 0.3 is 0 Å². The first-order chi connectivity index (χ1) is 9.15. The Morgan fingerprint density at radius 1 is 1.37 bits per heavy atom. The second kappa shape index (κ2) is 4.94. The van der Waals surface area contributed by atoms with Crippen LogP contribution in [0.15, 0.2) is 30.6 Å². The third-order valence-corrected chi connectivity index (χ3v) is 3.94. The second-order valence-corrected chi connectivity index (χ2v) is 5.80. The van der Waals surface area contributed by atoms with E-state index in [0.717, 1.165) is 50.1 Å². The molecule has 1 fully saturated rings. The van der Waals surface area contributed by atoms with Gasteiger partial charge in [0.25, 0.3) is 0 Å². The molecule has 2 heterocycles. The summed E-state index contributed by atoms with van der Waals surface area (Å²) in [6.45, 7) is 1.52. The van der Waals surface area contributed by atoms with Crippen molar-refractivity contribution >= 4 is 5.65 Å². The molecule has 19 heavy (non-hydrogen) atoms. The van der Waals surface area contributed by atoms with Crippen LogP contribution in [0.2, 0.25) is 0 Å². The Balaban J connectivity index is 1.67. The molecule has 1 aliphatic carbocycles. The van der Waals surface area contributed by atoms with E-state index >= 15 is 0 Å². The Morgan fingerprint density at radius 3 is 2.89 bits per heavy atom. The maximum absolute atomic E-state index is 10.4. The zero-order valence-electron chi connectivity index (χ0n) is 11.4. The van der Waals surface area contributed by atoms with Gasteiger partial charge in [0.2, 0.25) is 0 Å². The van der Waals surface area contributed by atoms with Gasteiger partial charge in [0.1, 0.15) is 5.65 Å². The van der Waals surface area contributed by atoms with Crippen molar-refractivity contribution in [3.8, 4) is 0 Å². The van der Waals surface area contributed by atoms with Crippen molar-refractivity contribution in [2.75, 3.05) is 13.6 Å². The van der Waals surface area contributed by atoms with E-state index in [-0.39, 0.29) is 0 Å². The van der Waals surface area contributed by atoms with Gasteiger partial charge in [-0.2, -0.15) is 0 Å². The van der Waals surface area contributed by atoms with Crippen LogP contribution in [-0.4, -0.2) is 38.6 Å². The Hall–Kier alpha value is -1.39. The molecule has 4 nitrogen and oxygen atoms in total. The molecule has 0 aliphatic heterocycles. The third-order valence-electron chi connectivity index (χ3n) is 3.94. The van der Waals surface area contributed by atoms with Crippen molar-refractivity contribution in [1.29, 1.82) is 0 Å². The molecule has 3 rings (SSSR count). The monoisotopic (exact) mass is 259 g/mol. The van der Waals surface area contributed by atoms with Gasteiger partial charge in [-0.05, 0) is 32.0 Å². The van der Waals surface area contributed by atoms with Crippen LogP contribution in [0, 0.1) is 0 Å². The molecule has 102 valence electrons. The number of rotatable bonds is 4. The first kappa shape index (κ1) is 12.6. The predicted molar refractivity (Wildman–Crippen MR) is 74.9 cm³/mol. The molecule has 0 aromatic carbocycles. The van der Waals surface area contributed by atoms with Gasteiger partial charge < -0.3 is 9.51 Å². The molecule has 0 bridgehead atoms. The number of pyridine rings is 1. The lowest BCUT2D eigenvalue weighted by Crippen LogP contribution is -2.38. The molecule has 0 atom stereocenters. The van der Waals surface area contributed by atoms with Crippen LogP contribution in [0.4, 0.5) is 0 Å². The minimum atomic E-state index is -0.478. The predicted octanol–water partition coefficient (Wildman–Crippen LogP) is 2.07. The molecule has 0 saturated heterocycles. The summed E-state index contributed by atoms with van der Waals surface area (Å²) < 4.78 is 2.04. The number of fused-ring (bicyclic) bond motifs is 1. The van der Waals surface area contributed by atoms with Gasteiger partial charge in [0, 0.05) is 25.5 Å². The molecule has 2 aromatic heterocycles. The quantitative estimate of drug-likeness (QED) is 0.914. The highest BCUT2D eigenvalue weighted by Crippen LogP contribution is 2.30. The van der Waals surface area contributed by atoms with Gasteiger partial charge in [-0.15, -0.1) is 0 Å². The Kier molecular flexibility index (Phi) is 3.29. The number of aliphatic hydroxyl groups is 1. The van der Waals surface area contributed by atoms with Crippen LogP contribution in [0.1, 0.15) is 31.4 Å². The maximum Gasteiger partial charge on any atom is 0.137 e. The maximum atomic E-state index is 10.4. The molecule has 0 spiro atoms. The number of hydrogen-bond acceptors (Lipinski definition) is 3. The van der Waals surface area contributed by atoms with E-state index in [1.54, 1.807) is 0 Å². The second-order valence-electron chi connectivity index (χ2n) is 5.80. The van der Waals surface area contributed by atoms with Gasteiger partial charge in [0.15, 0.2) is 0 Å². The highest BCUT2D eigenvalue weighted by Gasteiger charge is 2.32. The SMILES string of the molecule is CN(Cc1cn2ccccc2n1)CC1(O)CCCC1. The smallest absolute Gasteiger partial charge is 0.137 e. The number of nitrogens with zero attached hydrogens (tertiary/aromatic N) is 3. The molecule has 1 N–H and O–H groups in total. The molecular formula is C15H21N3O. The van der Waals surface area contributed by atoms with E-state index in [4.69, 9.17) is 0 Å². The molecule has 1 saturated carbocycles. The van der Waals surface area contributed by atoms with Crippen LogP contribution in [0.3, 0.4) is 0 Å². The summed E-state index contributed by atoms with van der Waals surface area (Å²) in [5.74, 6) is 0. The van der Waals surface area contributed by atoms with Crippen LogP contribution in [-0.2, 0) is 6.54 Å². The van der Waals surface area contributed by atoms with Crippen LogP contribution >= 0.6 is 0 Å². The summed E-state index contributed by atoms with van der Waals surface area (Å²) in [6, 6.07) is 6.01. The number of imidazole rings is 1. The van der Waals surface area contributed by atoms with Gasteiger partial charge in [-0.1, -0.05) is 18.9 Å². The number of aromatic nitrogens is 2. The Bertz CT molecular complexity index is 524. The van der Waals surface area contributed by atoms with Crippen molar-refractivity contribution in [2.24, 2.45) is 0 Å². The van der Waals surface area contributed by atoms with E-state index in [0.29, 0.717) is 0 Å². The largest absolute Gasteiger partial charge is 0.389 e. The van der Waals surface area contributed by atoms with Crippen molar-refractivity contribution in [1.82, 2.24) is 14.3 Å². The van der Waals surface area contributed by atoms with E-state index < -0.39 is 5.60 Å².